The molecule has 1 saturated heterocycles. The largest absolute Gasteiger partial charge is 0.392 e. The van der Waals surface area contributed by atoms with E-state index in [1.807, 2.05) is 0 Å². The maximum absolute atomic E-state index is 5.50. The minimum atomic E-state index is 0.595. The topological polar surface area (TPSA) is 38.5 Å². The summed E-state index contributed by atoms with van der Waals surface area (Å²) in [7, 11) is 1.76. The Balaban J connectivity index is 2.28. The third kappa shape index (κ3) is 4.02. The maximum atomic E-state index is 5.50. The van der Waals surface area contributed by atoms with Crippen LogP contribution in [0.15, 0.2) is 0 Å². The molecule has 1 aliphatic heterocycles. The molecule has 76 valence electrons. The normalized spacial score (nSPS) is 24.5. The van der Waals surface area contributed by atoms with Crippen molar-refractivity contribution in [1.29, 1.82) is 0 Å². The van der Waals surface area contributed by atoms with Gasteiger partial charge in [0.25, 0.3) is 0 Å². The summed E-state index contributed by atoms with van der Waals surface area (Å²) < 4.78 is 5.14. The zero-order valence-electron chi connectivity index (χ0n) is 8.16. The highest BCUT2D eigenvalue weighted by Crippen LogP contribution is 2.15. The third-order valence-electron chi connectivity index (χ3n) is 2.38. The van der Waals surface area contributed by atoms with Crippen LogP contribution in [0.1, 0.15) is 12.8 Å². The van der Waals surface area contributed by atoms with Crippen LogP contribution in [0, 0.1) is 5.92 Å². The first kappa shape index (κ1) is 10.9. The van der Waals surface area contributed by atoms with E-state index in [-0.39, 0.29) is 0 Å². The van der Waals surface area contributed by atoms with Crippen LogP contribution >= 0.6 is 12.2 Å². The summed E-state index contributed by atoms with van der Waals surface area (Å²) in [4.78, 5) is 2.91. The number of likely N-dealkylation sites (tertiary alicyclic amines) is 1. The molecule has 4 heteroatoms. The van der Waals surface area contributed by atoms with Crippen LogP contribution in [-0.2, 0) is 4.74 Å². The summed E-state index contributed by atoms with van der Waals surface area (Å²) in [5, 5.41) is 0. The summed E-state index contributed by atoms with van der Waals surface area (Å²) in [6.07, 6.45) is 2.50. The van der Waals surface area contributed by atoms with Crippen molar-refractivity contribution in [2.45, 2.75) is 12.8 Å². The molecule has 1 atom stereocenters. The number of nitrogens with two attached hydrogens (primary N) is 1. The fourth-order valence-corrected chi connectivity index (χ4v) is 2.07. The first-order chi connectivity index (χ1) is 6.22. The van der Waals surface area contributed by atoms with E-state index >= 15 is 0 Å². The van der Waals surface area contributed by atoms with Gasteiger partial charge in [-0.3, -0.25) is 4.90 Å². The Morgan fingerprint density at radius 2 is 2.46 bits per heavy atom. The van der Waals surface area contributed by atoms with Crippen molar-refractivity contribution in [3.05, 3.63) is 0 Å². The highest BCUT2D eigenvalue weighted by atomic mass is 32.1. The first-order valence-corrected chi connectivity index (χ1v) is 5.12. The molecule has 2 N–H and O–H groups in total. The van der Waals surface area contributed by atoms with Gasteiger partial charge in [0.1, 0.15) is 0 Å². The van der Waals surface area contributed by atoms with E-state index in [0.29, 0.717) is 10.9 Å². The molecule has 3 nitrogen and oxygen atoms in total. The fourth-order valence-electron chi connectivity index (χ4n) is 1.89. The first-order valence-electron chi connectivity index (χ1n) is 4.72. The smallest absolute Gasteiger partial charge is 0.0870 e. The monoisotopic (exact) mass is 202 g/mol. The Morgan fingerprint density at radius 1 is 1.69 bits per heavy atom. The molecule has 1 unspecified atom stereocenters. The third-order valence-corrected chi connectivity index (χ3v) is 2.51. The van der Waals surface area contributed by atoms with Crippen LogP contribution in [0.25, 0.3) is 0 Å². The van der Waals surface area contributed by atoms with Crippen LogP contribution in [0.4, 0.5) is 0 Å². The summed E-state index contributed by atoms with van der Waals surface area (Å²) in [5.74, 6) is 0.660. The van der Waals surface area contributed by atoms with Crippen molar-refractivity contribution in [2.24, 2.45) is 11.7 Å². The van der Waals surface area contributed by atoms with Gasteiger partial charge in [-0.05, 0) is 25.3 Å². The lowest BCUT2D eigenvalue weighted by molar-refractivity contribution is 0.0978. The molecule has 0 amide bonds. The van der Waals surface area contributed by atoms with E-state index in [1.165, 1.54) is 12.8 Å². The maximum Gasteiger partial charge on any atom is 0.0870 e. The van der Waals surface area contributed by atoms with E-state index in [4.69, 9.17) is 22.7 Å². The van der Waals surface area contributed by atoms with Gasteiger partial charge in [0.15, 0.2) is 0 Å². The van der Waals surface area contributed by atoms with Crippen molar-refractivity contribution in [3.8, 4) is 0 Å². The summed E-state index contributed by atoms with van der Waals surface area (Å²) in [5.41, 5.74) is 5.50. The fraction of sp³-hybridized carbons (Fsp3) is 0.889. The lowest BCUT2D eigenvalue weighted by Crippen LogP contribution is -2.41. The van der Waals surface area contributed by atoms with Gasteiger partial charge >= 0.3 is 0 Å². The summed E-state index contributed by atoms with van der Waals surface area (Å²) in [6.45, 7) is 3.81. The standard InChI is InChI=1S/C9H18N2OS/c1-12-7-8-3-2-4-11(5-8)6-9(10)13/h8H,2-7H2,1H3,(H2,10,13). The molecule has 1 heterocycles. The Hall–Kier alpha value is -0.190. The van der Waals surface area contributed by atoms with Crippen LogP contribution in [0.5, 0.6) is 0 Å². The lowest BCUT2D eigenvalue weighted by Gasteiger charge is -2.31. The SMILES string of the molecule is COCC1CCCN(CC(N)=S)C1. The Labute approximate surface area is 85.2 Å². The highest BCUT2D eigenvalue weighted by Gasteiger charge is 2.19. The average molecular weight is 202 g/mol. The Kier molecular flexibility index (Phi) is 4.62. The number of methoxy groups -OCH3 is 1. The molecule has 1 aliphatic rings. The zero-order chi connectivity index (χ0) is 9.68. The van der Waals surface area contributed by atoms with E-state index < -0.39 is 0 Å². The molecular weight excluding hydrogens is 184 g/mol. The summed E-state index contributed by atoms with van der Waals surface area (Å²) >= 11 is 4.88. The molecule has 0 spiro atoms. The molecule has 0 aromatic heterocycles. The minimum Gasteiger partial charge on any atom is -0.392 e. The molecule has 13 heavy (non-hydrogen) atoms. The van der Waals surface area contributed by atoms with Crippen molar-refractivity contribution >= 4 is 17.2 Å². The molecule has 0 radical (unpaired) electrons. The molecule has 0 aromatic carbocycles. The summed E-state index contributed by atoms with van der Waals surface area (Å²) in [6, 6.07) is 0. The van der Waals surface area contributed by atoms with Gasteiger partial charge in [0.2, 0.25) is 0 Å². The number of hydrogen-bond donors (Lipinski definition) is 1. The van der Waals surface area contributed by atoms with Gasteiger partial charge in [-0.2, -0.15) is 0 Å². The lowest BCUT2D eigenvalue weighted by atomic mass is 9.99. The number of hydrogen-bond acceptors (Lipinski definition) is 3. The van der Waals surface area contributed by atoms with Gasteiger partial charge < -0.3 is 10.5 Å². The zero-order valence-corrected chi connectivity index (χ0v) is 8.98. The second-order valence-corrected chi connectivity index (χ2v) is 4.19. The van der Waals surface area contributed by atoms with Crippen molar-refractivity contribution < 1.29 is 4.74 Å². The van der Waals surface area contributed by atoms with Crippen LogP contribution in [-0.4, -0.2) is 43.2 Å². The molecule has 0 bridgehead atoms. The Morgan fingerprint density at radius 3 is 3.08 bits per heavy atom. The molecular formula is C9H18N2OS. The van der Waals surface area contributed by atoms with Gasteiger partial charge in [-0.15, -0.1) is 0 Å². The van der Waals surface area contributed by atoms with E-state index in [0.717, 1.165) is 26.2 Å². The van der Waals surface area contributed by atoms with E-state index in [1.54, 1.807) is 7.11 Å². The van der Waals surface area contributed by atoms with Gasteiger partial charge in [0.05, 0.1) is 11.6 Å². The van der Waals surface area contributed by atoms with E-state index in [9.17, 15) is 0 Å². The van der Waals surface area contributed by atoms with Crippen LogP contribution in [0.2, 0.25) is 0 Å². The average Bonchev–Trinajstić information content (AvgIpc) is 2.04. The predicted molar refractivity (Wildman–Crippen MR) is 57.8 cm³/mol. The van der Waals surface area contributed by atoms with Crippen molar-refractivity contribution in [2.75, 3.05) is 33.4 Å². The van der Waals surface area contributed by atoms with Crippen molar-refractivity contribution in [1.82, 2.24) is 4.90 Å². The van der Waals surface area contributed by atoms with Gasteiger partial charge in [-0.25, -0.2) is 0 Å². The van der Waals surface area contributed by atoms with Gasteiger partial charge in [-0.1, -0.05) is 12.2 Å². The highest BCUT2D eigenvalue weighted by molar-refractivity contribution is 7.80. The van der Waals surface area contributed by atoms with Crippen LogP contribution in [0.3, 0.4) is 0 Å². The van der Waals surface area contributed by atoms with Crippen LogP contribution < -0.4 is 5.73 Å². The number of piperidine rings is 1. The number of nitrogens with zero attached hydrogens (tertiary/aromatic N) is 1. The Bertz CT molecular complexity index is 173. The number of ether oxygens (including phenoxy) is 1. The minimum absolute atomic E-state index is 0.595. The predicted octanol–water partition coefficient (Wildman–Crippen LogP) is 0.631. The second kappa shape index (κ2) is 5.52. The van der Waals surface area contributed by atoms with Gasteiger partial charge in [0, 0.05) is 20.2 Å². The number of thiocarbonyl (C=S) groups is 1. The second-order valence-electron chi connectivity index (χ2n) is 3.67. The molecule has 1 rings (SSSR count). The molecule has 0 aliphatic carbocycles. The number of rotatable bonds is 4. The molecule has 1 fully saturated rings. The molecule has 0 saturated carbocycles. The quantitative estimate of drug-likeness (QED) is 0.679. The van der Waals surface area contributed by atoms with Crippen molar-refractivity contribution in [3.63, 3.8) is 0 Å². The molecule has 0 aromatic rings. The van der Waals surface area contributed by atoms with E-state index in [2.05, 4.69) is 4.90 Å².